The lowest BCUT2D eigenvalue weighted by molar-refractivity contribution is 0.0946. The molecule has 2 N–H and O–H groups in total. The van der Waals surface area contributed by atoms with Crippen LogP contribution >= 0.6 is 0 Å². The van der Waals surface area contributed by atoms with E-state index in [1.54, 1.807) is 18.5 Å². The fourth-order valence-corrected chi connectivity index (χ4v) is 1.80. The minimum Gasteiger partial charge on any atom is -0.347 e. The van der Waals surface area contributed by atoms with E-state index in [0.29, 0.717) is 18.2 Å². The van der Waals surface area contributed by atoms with Gasteiger partial charge < -0.3 is 5.32 Å². The van der Waals surface area contributed by atoms with Crippen LogP contribution in [0.1, 0.15) is 35.6 Å². The fraction of sp³-hybridized carbons (Fsp3) is 0.357. The first-order valence-corrected chi connectivity index (χ1v) is 6.36. The molecular weight excluding hydrogens is 240 g/mol. The molecule has 0 aliphatic heterocycles. The van der Waals surface area contributed by atoms with Gasteiger partial charge in [-0.1, -0.05) is 19.9 Å². The molecule has 5 heteroatoms. The summed E-state index contributed by atoms with van der Waals surface area (Å²) < 4.78 is 0. The molecule has 0 spiro atoms. The number of hydrogen-bond donors (Lipinski definition) is 2. The van der Waals surface area contributed by atoms with E-state index in [1.807, 2.05) is 12.1 Å². The smallest absolute Gasteiger partial charge is 0.272 e. The summed E-state index contributed by atoms with van der Waals surface area (Å²) in [6.45, 7) is 4.71. The van der Waals surface area contributed by atoms with Crippen molar-refractivity contribution < 1.29 is 4.79 Å². The van der Waals surface area contributed by atoms with E-state index < -0.39 is 0 Å². The van der Waals surface area contributed by atoms with Crippen molar-refractivity contribution in [1.29, 1.82) is 0 Å². The van der Waals surface area contributed by atoms with Crippen LogP contribution in [0.4, 0.5) is 0 Å². The Morgan fingerprint density at radius 2 is 2.32 bits per heavy atom. The number of aromatic nitrogens is 3. The van der Waals surface area contributed by atoms with Crippen molar-refractivity contribution in [3.05, 3.63) is 47.5 Å². The van der Waals surface area contributed by atoms with Crippen molar-refractivity contribution in [3.8, 4) is 0 Å². The summed E-state index contributed by atoms with van der Waals surface area (Å²) in [5, 5.41) is 9.74. The van der Waals surface area contributed by atoms with Gasteiger partial charge in [-0.05, 0) is 30.0 Å². The molecule has 0 atom stereocenters. The summed E-state index contributed by atoms with van der Waals surface area (Å²) in [5.41, 5.74) is 2.38. The van der Waals surface area contributed by atoms with Gasteiger partial charge in [-0.25, -0.2) is 0 Å². The number of carbonyl (C=O) groups excluding carboxylic acids is 1. The number of rotatable bonds is 5. The number of nitrogens with one attached hydrogen (secondary N) is 2. The molecule has 0 saturated heterocycles. The maximum atomic E-state index is 11.9. The maximum Gasteiger partial charge on any atom is 0.272 e. The summed E-state index contributed by atoms with van der Waals surface area (Å²) in [6.07, 6.45) is 4.33. The Morgan fingerprint density at radius 3 is 3.00 bits per heavy atom. The molecule has 2 aromatic rings. The van der Waals surface area contributed by atoms with Gasteiger partial charge in [0.05, 0.1) is 0 Å². The lowest BCUT2D eigenvalue weighted by atomic mass is 10.1. The fourth-order valence-electron chi connectivity index (χ4n) is 1.80. The zero-order valence-corrected chi connectivity index (χ0v) is 11.2. The SMILES string of the molecule is CC(C)Cc1cc(C(=O)NCc2cccnc2)n[nH]1. The number of aromatic amines is 1. The van der Waals surface area contributed by atoms with Gasteiger partial charge in [0.25, 0.3) is 5.91 Å². The molecule has 2 aromatic heterocycles. The van der Waals surface area contributed by atoms with Crippen LogP contribution in [0.2, 0.25) is 0 Å². The van der Waals surface area contributed by atoms with Crippen molar-refractivity contribution in [2.45, 2.75) is 26.8 Å². The van der Waals surface area contributed by atoms with Gasteiger partial charge in [-0.15, -0.1) is 0 Å². The third kappa shape index (κ3) is 3.91. The Kier molecular flexibility index (Phi) is 4.28. The third-order valence-corrected chi connectivity index (χ3v) is 2.67. The highest BCUT2D eigenvalue weighted by atomic mass is 16.1. The second kappa shape index (κ2) is 6.13. The van der Waals surface area contributed by atoms with Crippen molar-refractivity contribution in [2.75, 3.05) is 0 Å². The number of H-pyrrole nitrogens is 1. The Hall–Kier alpha value is -2.17. The van der Waals surface area contributed by atoms with E-state index >= 15 is 0 Å². The van der Waals surface area contributed by atoms with Crippen LogP contribution in [0.5, 0.6) is 0 Å². The average molecular weight is 258 g/mol. The molecular formula is C14H18N4O. The molecule has 0 saturated carbocycles. The molecule has 2 rings (SSSR count). The Balaban J connectivity index is 1.91. The summed E-state index contributed by atoms with van der Waals surface area (Å²) in [4.78, 5) is 15.9. The Bertz CT molecular complexity index is 533. The predicted molar refractivity (Wildman–Crippen MR) is 72.5 cm³/mol. The van der Waals surface area contributed by atoms with E-state index in [1.165, 1.54) is 0 Å². The zero-order chi connectivity index (χ0) is 13.7. The van der Waals surface area contributed by atoms with Gasteiger partial charge in [-0.2, -0.15) is 5.10 Å². The van der Waals surface area contributed by atoms with Gasteiger partial charge in [0, 0.05) is 24.6 Å². The summed E-state index contributed by atoms with van der Waals surface area (Å²) in [7, 11) is 0. The Labute approximate surface area is 112 Å². The molecule has 5 nitrogen and oxygen atoms in total. The molecule has 0 aliphatic rings. The van der Waals surface area contributed by atoms with Crippen LogP contribution in [0.25, 0.3) is 0 Å². The second-order valence-corrected chi connectivity index (χ2v) is 4.92. The highest BCUT2D eigenvalue weighted by molar-refractivity contribution is 5.92. The van der Waals surface area contributed by atoms with Gasteiger partial charge in [0.2, 0.25) is 0 Å². The van der Waals surface area contributed by atoms with Crippen LogP contribution < -0.4 is 5.32 Å². The van der Waals surface area contributed by atoms with Crippen LogP contribution in [0.15, 0.2) is 30.6 Å². The predicted octanol–water partition coefficient (Wildman–Crippen LogP) is 1.93. The summed E-state index contributed by atoms with van der Waals surface area (Å²) in [5.74, 6) is 0.363. The quantitative estimate of drug-likeness (QED) is 0.861. The van der Waals surface area contributed by atoms with Crippen molar-refractivity contribution in [1.82, 2.24) is 20.5 Å². The van der Waals surface area contributed by atoms with Gasteiger partial charge in [0.1, 0.15) is 5.69 Å². The normalized spacial score (nSPS) is 10.7. The first-order chi connectivity index (χ1) is 9.15. The molecule has 100 valence electrons. The molecule has 2 heterocycles. The first kappa shape index (κ1) is 13.3. The minimum atomic E-state index is -0.171. The molecule has 0 aliphatic carbocycles. The number of amides is 1. The van der Waals surface area contributed by atoms with Crippen molar-refractivity contribution in [2.24, 2.45) is 5.92 Å². The van der Waals surface area contributed by atoms with Crippen molar-refractivity contribution in [3.63, 3.8) is 0 Å². The molecule has 19 heavy (non-hydrogen) atoms. The molecule has 0 radical (unpaired) electrons. The largest absolute Gasteiger partial charge is 0.347 e. The van der Waals surface area contributed by atoms with E-state index in [0.717, 1.165) is 17.7 Å². The topological polar surface area (TPSA) is 70.7 Å². The van der Waals surface area contributed by atoms with Gasteiger partial charge in [-0.3, -0.25) is 14.9 Å². The maximum absolute atomic E-state index is 11.9. The highest BCUT2D eigenvalue weighted by Crippen LogP contribution is 2.07. The minimum absolute atomic E-state index is 0.171. The van der Waals surface area contributed by atoms with Crippen LogP contribution in [-0.2, 0) is 13.0 Å². The Morgan fingerprint density at radius 1 is 1.47 bits per heavy atom. The van der Waals surface area contributed by atoms with Crippen LogP contribution in [0.3, 0.4) is 0 Å². The number of nitrogens with zero attached hydrogens (tertiary/aromatic N) is 2. The average Bonchev–Trinajstić information content (AvgIpc) is 2.85. The van der Waals surface area contributed by atoms with Gasteiger partial charge >= 0.3 is 0 Å². The third-order valence-electron chi connectivity index (χ3n) is 2.67. The van der Waals surface area contributed by atoms with E-state index in [4.69, 9.17) is 0 Å². The highest BCUT2D eigenvalue weighted by Gasteiger charge is 2.10. The standard InChI is InChI=1S/C14H18N4O/c1-10(2)6-12-7-13(18-17-12)14(19)16-9-11-4-3-5-15-8-11/h3-5,7-8,10H,6,9H2,1-2H3,(H,16,19)(H,17,18). The second-order valence-electron chi connectivity index (χ2n) is 4.92. The van der Waals surface area contributed by atoms with Crippen LogP contribution in [0, 0.1) is 5.92 Å². The molecule has 0 aromatic carbocycles. The van der Waals surface area contributed by atoms with Crippen LogP contribution in [-0.4, -0.2) is 21.1 Å². The first-order valence-electron chi connectivity index (χ1n) is 6.36. The van der Waals surface area contributed by atoms with Gasteiger partial charge in [0.15, 0.2) is 0 Å². The molecule has 0 bridgehead atoms. The zero-order valence-electron chi connectivity index (χ0n) is 11.2. The molecule has 0 unspecified atom stereocenters. The summed E-state index contributed by atoms with van der Waals surface area (Å²) >= 11 is 0. The molecule has 0 fully saturated rings. The lowest BCUT2D eigenvalue weighted by Gasteiger charge is -2.02. The summed E-state index contributed by atoms with van der Waals surface area (Å²) in [6, 6.07) is 5.57. The van der Waals surface area contributed by atoms with E-state index in [9.17, 15) is 4.79 Å². The number of hydrogen-bond acceptors (Lipinski definition) is 3. The van der Waals surface area contributed by atoms with E-state index in [2.05, 4.69) is 34.3 Å². The number of carbonyl (C=O) groups is 1. The lowest BCUT2D eigenvalue weighted by Crippen LogP contribution is -2.23. The van der Waals surface area contributed by atoms with E-state index in [-0.39, 0.29) is 5.91 Å². The monoisotopic (exact) mass is 258 g/mol. The molecule has 1 amide bonds. The number of pyridine rings is 1. The van der Waals surface area contributed by atoms with Crippen molar-refractivity contribution >= 4 is 5.91 Å².